The van der Waals surface area contributed by atoms with Gasteiger partial charge in [0.15, 0.2) is 5.65 Å². The molecule has 9 heteroatoms. The first-order valence-electron chi connectivity index (χ1n) is 10.4. The fraction of sp³-hybridized carbons (Fsp3) is 0.455. The van der Waals surface area contributed by atoms with Crippen molar-refractivity contribution in [3.63, 3.8) is 0 Å². The third-order valence-corrected chi connectivity index (χ3v) is 5.10. The van der Waals surface area contributed by atoms with E-state index in [0.29, 0.717) is 25.4 Å². The summed E-state index contributed by atoms with van der Waals surface area (Å²) in [6.45, 7) is 8.39. The lowest BCUT2D eigenvalue weighted by Crippen LogP contribution is -2.39. The number of rotatable bonds is 3. The summed E-state index contributed by atoms with van der Waals surface area (Å²) in [7, 11) is 1.62. The molecule has 1 amide bonds. The molecule has 1 fully saturated rings. The van der Waals surface area contributed by atoms with Crippen LogP contribution < -0.4 is 9.64 Å². The van der Waals surface area contributed by atoms with Gasteiger partial charge in [0.25, 0.3) is 0 Å². The van der Waals surface area contributed by atoms with Crippen LogP contribution in [-0.2, 0) is 4.74 Å². The molecule has 31 heavy (non-hydrogen) atoms. The minimum Gasteiger partial charge on any atom is -0.494 e. The number of ether oxygens (including phenoxy) is 2. The third-order valence-electron chi connectivity index (χ3n) is 5.10. The van der Waals surface area contributed by atoms with Crippen LogP contribution in [0.2, 0.25) is 0 Å². The van der Waals surface area contributed by atoms with Crippen LogP contribution in [0, 0.1) is 0 Å². The molecule has 1 aliphatic heterocycles. The van der Waals surface area contributed by atoms with Gasteiger partial charge in [-0.1, -0.05) is 0 Å². The number of amides is 1. The molecule has 0 bridgehead atoms. The fourth-order valence-corrected chi connectivity index (χ4v) is 3.63. The van der Waals surface area contributed by atoms with Crippen LogP contribution in [-0.4, -0.2) is 69.5 Å². The van der Waals surface area contributed by atoms with Crippen molar-refractivity contribution in [2.45, 2.75) is 32.8 Å². The minimum atomic E-state index is -0.499. The van der Waals surface area contributed by atoms with Crippen molar-refractivity contribution in [3.8, 4) is 17.0 Å². The summed E-state index contributed by atoms with van der Waals surface area (Å²) in [6, 6.07) is 5.82. The van der Waals surface area contributed by atoms with E-state index in [9.17, 15) is 4.79 Å². The summed E-state index contributed by atoms with van der Waals surface area (Å²) in [4.78, 5) is 25.0. The van der Waals surface area contributed by atoms with Crippen LogP contribution in [0.5, 0.6) is 5.75 Å². The number of carbonyl (C=O) groups excluding carboxylic acids is 1. The second kappa shape index (κ2) is 8.41. The molecule has 3 aromatic heterocycles. The Bertz CT molecular complexity index is 1070. The van der Waals surface area contributed by atoms with Crippen molar-refractivity contribution in [2.24, 2.45) is 0 Å². The highest BCUT2D eigenvalue weighted by molar-refractivity contribution is 5.69. The molecule has 0 aromatic carbocycles. The quantitative estimate of drug-likeness (QED) is 0.638. The van der Waals surface area contributed by atoms with Crippen molar-refractivity contribution in [1.29, 1.82) is 0 Å². The molecule has 0 aliphatic carbocycles. The largest absolute Gasteiger partial charge is 0.494 e. The van der Waals surface area contributed by atoms with Crippen LogP contribution in [0.1, 0.15) is 27.2 Å². The first kappa shape index (κ1) is 20.9. The molecule has 0 N–H and O–H groups in total. The number of anilines is 1. The molecular formula is C22H28N6O3. The third kappa shape index (κ3) is 4.55. The molecule has 1 aliphatic rings. The van der Waals surface area contributed by atoms with Crippen molar-refractivity contribution in [1.82, 2.24) is 24.5 Å². The molecule has 9 nitrogen and oxygen atoms in total. The molecule has 0 radical (unpaired) electrons. The van der Waals surface area contributed by atoms with Gasteiger partial charge in [0.1, 0.15) is 17.2 Å². The smallest absolute Gasteiger partial charge is 0.410 e. The monoisotopic (exact) mass is 424 g/mol. The van der Waals surface area contributed by atoms with Gasteiger partial charge >= 0.3 is 6.09 Å². The summed E-state index contributed by atoms with van der Waals surface area (Å²) in [5.41, 5.74) is 1.97. The Kier molecular flexibility index (Phi) is 5.67. The number of methoxy groups -OCH3 is 1. The van der Waals surface area contributed by atoms with E-state index in [2.05, 4.69) is 14.9 Å². The lowest BCUT2D eigenvalue weighted by Gasteiger charge is -2.26. The van der Waals surface area contributed by atoms with E-state index < -0.39 is 5.60 Å². The Morgan fingerprint density at radius 1 is 1.06 bits per heavy atom. The standard InChI is InChI=1S/C22H28N6O3/c1-22(2,3)31-21(29)27-11-5-10-26(12-13-27)20-7-6-19-24-14-17(28(19)25-20)16-8-9-23-15-18(16)30-4/h6-9,14-15H,5,10-13H2,1-4H3. The maximum Gasteiger partial charge on any atom is 0.410 e. The molecule has 0 spiro atoms. The fourth-order valence-electron chi connectivity index (χ4n) is 3.63. The zero-order valence-electron chi connectivity index (χ0n) is 18.4. The average Bonchev–Trinajstić information content (AvgIpc) is 2.99. The predicted octanol–water partition coefficient (Wildman–Crippen LogP) is 3.25. The number of nitrogens with zero attached hydrogens (tertiary/aromatic N) is 6. The molecule has 4 rings (SSSR count). The second-order valence-corrected chi connectivity index (χ2v) is 8.49. The Hall–Kier alpha value is -3.36. The number of hydrogen-bond acceptors (Lipinski definition) is 7. The lowest BCUT2D eigenvalue weighted by atomic mass is 10.2. The van der Waals surface area contributed by atoms with Crippen LogP contribution in [0.15, 0.2) is 36.8 Å². The molecule has 1 saturated heterocycles. The molecule has 0 saturated carbocycles. The molecule has 164 valence electrons. The number of hydrogen-bond donors (Lipinski definition) is 0. The van der Waals surface area contributed by atoms with Crippen LogP contribution in [0.25, 0.3) is 16.9 Å². The molecule has 3 aromatic rings. The highest BCUT2D eigenvalue weighted by Crippen LogP contribution is 2.29. The van der Waals surface area contributed by atoms with Crippen molar-refractivity contribution < 1.29 is 14.3 Å². The maximum absolute atomic E-state index is 12.5. The first-order chi connectivity index (χ1) is 14.9. The molecule has 4 heterocycles. The van der Waals surface area contributed by atoms with E-state index in [-0.39, 0.29) is 6.09 Å². The van der Waals surface area contributed by atoms with E-state index in [1.807, 2.05) is 43.5 Å². The first-order valence-corrected chi connectivity index (χ1v) is 10.4. The van der Waals surface area contributed by atoms with Gasteiger partial charge in [0.2, 0.25) is 0 Å². The molecular weight excluding hydrogens is 396 g/mol. The van der Waals surface area contributed by atoms with Gasteiger partial charge in [-0.25, -0.2) is 14.3 Å². The van der Waals surface area contributed by atoms with E-state index >= 15 is 0 Å². The number of carbonyl (C=O) groups is 1. The van der Waals surface area contributed by atoms with Crippen LogP contribution in [0.4, 0.5) is 10.6 Å². The van der Waals surface area contributed by atoms with Gasteiger partial charge in [-0.2, -0.15) is 0 Å². The van der Waals surface area contributed by atoms with Crippen molar-refractivity contribution in [3.05, 3.63) is 36.8 Å². The normalized spacial score (nSPS) is 15.1. The summed E-state index contributed by atoms with van der Waals surface area (Å²) >= 11 is 0. The number of fused-ring (bicyclic) bond motifs is 1. The SMILES string of the molecule is COc1cnccc1-c1cnc2ccc(N3CCCN(C(=O)OC(C)(C)C)CC3)nn12. The van der Waals surface area contributed by atoms with E-state index in [0.717, 1.165) is 35.7 Å². The number of imidazole rings is 1. The highest BCUT2D eigenvalue weighted by Gasteiger charge is 2.25. The van der Waals surface area contributed by atoms with Gasteiger partial charge in [-0.05, 0) is 45.4 Å². The summed E-state index contributed by atoms with van der Waals surface area (Å²) < 4.78 is 12.8. The number of aromatic nitrogens is 4. The minimum absolute atomic E-state index is 0.264. The Morgan fingerprint density at radius 2 is 1.90 bits per heavy atom. The van der Waals surface area contributed by atoms with Crippen LogP contribution >= 0.6 is 0 Å². The summed E-state index contributed by atoms with van der Waals surface area (Å²) in [5, 5.41) is 4.85. The predicted molar refractivity (Wildman–Crippen MR) is 117 cm³/mol. The van der Waals surface area contributed by atoms with Gasteiger partial charge in [0, 0.05) is 37.9 Å². The van der Waals surface area contributed by atoms with E-state index in [1.165, 1.54) is 0 Å². The van der Waals surface area contributed by atoms with Gasteiger partial charge < -0.3 is 19.3 Å². The van der Waals surface area contributed by atoms with Crippen molar-refractivity contribution in [2.75, 3.05) is 38.2 Å². The van der Waals surface area contributed by atoms with Gasteiger partial charge in [-0.15, -0.1) is 5.10 Å². The van der Waals surface area contributed by atoms with Gasteiger partial charge in [-0.3, -0.25) is 4.98 Å². The lowest BCUT2D eigenvalue weighted by molar-refractivity contribution is 0.0263. The van der Waals surface area contributed by atoms with E-state index in [1.54, 1.807) is 30.6 Å². The number of pyridine rings is 1. The zero-order valence-corrected chi connectivity index (χ0v) is 18.4. The average molecular weight is 425 g/mol. The molecule has 0 atom stereocenters. The topological polar surface area (TPSA) is 85.1 Å². The second-order valence-electron chi connectivity index (χ2n) is 8.49. The Labute approximate surface area is 181 Å². The molecule has 0 unspecified atom stereocenters. The van der Waals surface area contributed by atoms with E-state index in [4.69, 9.17) is 14.6 Å². The van der Waals surface area contributed by atoms with Crippen LogP contribution in [0.3, 0.4) is 0 Å². The van der Waals surface area contributed by atoms with Gasteiger partial charge in [0.05, 0.1) is 25.2 Å². The van der Waals surface area contributed by atoms with Crippen molar-refractivity contribution >= 4 is 17.6 Å². The zero-order chi connectivity index (χ0) is 22.0. The Balaban J connectivity index is 1.57. The summed E-state index contributed by atoms with van der Waals surface area (Å²) in [5.74, 6) is 1.50. The maximum atomic E-state index is 12.5. The Morgan fingerprint density at radius 3 is 2.68 bits per heavy atom. The summed E-state index contributed by atoms with van der Waals surface area (Å²) in [6.07, 6.45) is 5.77. The highest BCUT2D eigenvalue weighted by atomic mass is 16.6.